The maximum absolute atomic E-state index is 13.3. The predicted molar refractivity (Wildman–Crippen MR) is 89.3 cm³/mol. The van der Waals surface area contributed by atoms with Crippen LogP contribution in [0.4, 0.5) is 4.39 Å². The monoisotopic (exact) mass is 358 g/mol. The van der Waals surface area contributed by atoms with E-state index in [9.17, 15) is 19.4 Å². The largest absolute Gasteiger partial charge is 0.508 e. The molecule has 0 aliphatic rings. The third-order valence-corrected chi connectivity index (χ3v) is 3.96. The molecule has 0 bridgehead atoms. The minimum absolute atomic E-state index is 0.0439. The summed E-state index contributed by atoms with van der Waals surface area (Å²) in [5.41, 5.74) is 2.55. The quantitative estimate of drug-likeness (QED) is 0.420. The van der Waals surface area contributed by atoms with Crippen molar-refractivity contribution >= 4 is 5.91 Å². The van der Waals surface area contributed by atoms with Crippen molar-refractivity contribution in [2.45, 2.75) is 13.3 Å². The Balaban J connectivity index is 2.28. The summed E-state index contributed by atoms with van der Waals surface area (Å²) >= 11 is 0. The van der Waals surface area contributed by atoms with Gasteiger partial charge in [-0.15, -0.1) is 0 Å². The van der Waals surface area contributed by atoms with Gasteiger partial charge in [0.15, 0.2) is 11.5 Å². The van der Waals surface area contributed by atoms with E-state index in [1.165, 1.54) is 35.8 Å². The molecule has 1 amide bonds. The highest BCUT2D eigenvalue weighted by Gasteiger charge is 2.26. The highest BCUT2D eigenvalue weighted by Crippen LogP contribution is 2.41. The molecule has 0 aliphatic heterocycles. The number of aryl methyl sites for hydroxylation is 1. The fourth-order valence-electron chi connectivity index (χ4n) is 2.65. The number of carbonyl (C=O) groups excluding carboxylic acids is 1. The molecule has 26 heavy (non-hydrogen) atoms. The zero-order valence-corrected chi connectivity index (χ0v) is 13.7. The molecule has 1 aromatic heterocycles. The summed E-state index contributed by atoms with van der Waals surface area (Å²) in [7, 11) is 0. The molecule has 0 unspecified atom stereocenters. The molecule has 0 fully saturated rings. The van der Waals surface area contributed by atoms with E-state index in [-0.39, 0.29) is 34.1 Å². The number of amides is 1. The first kappa shape index (κ1) is 17.4. The van der Waals surface area contributed by atoms with E-state index in [1.54, 1.807) is 0 Å². The Morgan fingerprint density at radius 3 is 2.50 bits per heavy atom. The molecule has 134 valence electrons. The van der Waals surface area contributed by atoms with Crippen LogP contribution >= 0.6 is 0 Å². The number of carbonyl (C=O) groups is 1. The first-order valence-corrected chi connectivity index (χ1v) is 7.71. The predicted octanol–water partition coefficient (Wildman–Crippen LogP) is 3.24. The Bertz CT molecular complexity index is 966. The number of rotatable bonds is 4. The number of aromatic hydroxyl groups is 2. The molecule has 1 heterocycles. The van der Waals surface area contributed by atoms with Crippen LogP contribution in [0, 0.1) is 5.82 Å². The van der Waals surface area contributed by atoms with Crippen LogP contribution in [0.15, 0.2) is 40.9 Å². The molecule has 7 nitrogen and oxygen atoms in total. The van der Waals surface area contributed by atoms with Gasteiger partial charge in [-0.05, 0) is 35.7 Å². The highest BCUT2D eigenvalue weighted by atomic mass is 19.1. The van der Waals surface area contributed by atoms with Gasteiger partial charge in [0, 0.05) is 6.07 Å². The normalized spacial score (nSPS) is 10.7. The molecule has 0 atom stereocenters. The molecule has 0 saturated carbocycles. The third-order valence-electron chi connectivity index (χ3n) is 3.96. The Morgan fingerprint density at radius 2 is 1.88 bits per heavy atom. The van der Waals surface area contributed by atoms with Crippen LogP contribution in [0.25, 0.3) is 22.5 Å². The minimum Gasteiger partial charge on any atom is -0.508 e. The second-order valence-electron chi connectivity index (χ2n) is 5.53. The summed E-state index contributed by atoms with van der Waals surface area (Å²) < 4.78 is 18.5. The average molecular weight is 358 g/mol. The lowest BCUT2D eigenvalue weighted by molar-refractivity contribution is 0.0697. The lowest BCUT2D eigenvalue weighted by atomic mass is 9.96. The number of aromatic nitrogens is 1. The van der Waals surface area contributed by atoms with Crippen molar-refractivity contribution in [2.24, 2.45) is 0 Å². The molecule has 0 saturated heterocycles. The fourth-order valence-corrected chi connectivity index (χ4v) is 2.65. The number of hydrogen-bond acceptors (Lipinski definition) is 6. The van der Waals surface area contributed by atoms with Gasteiger partial charge in [-0.3, -0.25) is 10.0 Å². The molecule has 3 rings (SSSR count). The van der Waals surface area contributed by atoms with Crippen LogP contribution in [0.5, 0.6) is 11.5 Å². The van der Waals surface area contributed by atoms with Gasteiger partial charge in [-0.2, -0.15) is 0 Å². The van der Waals surface area contributed by atoms with Gasteiger partial charge >= 0.3 is 0 Å². The summed E-state index contributed by atoms with van der Waals surface area (Å²) in [6.07, 6.45) is 0.489. The summed E-state index contributed by atoms with van der Waals surface area (Å²) in [6, 6.07) is 7.90. The fraction of sp³-hybridized carbons (Fsp3) is 0.111. The number of phenolic OH excluding ortho intramolecular Hbond substituents is 2. The van der Waals surface area contributed by atoms with Crippen LogP contribution in [0.2, 0.25) is 0 Å². The summed E-state index contributed by atoms with van der Waals surface area (Å²) in [5, 5.41) is 32.7. The lowest BCUT2D eigenvalue weighted by Crippen LogP contribution is -2.19. The summed E-state index contributed by atoms with van der Waals surface area (Å²) in [5.74, 6) is -1.71. The molecular weight excluding hydrogens is 343 g/mol. The first-order valence-electron chi connectivity index (χ1n) is 7.71. The molecule has 8 heteroatoms. The summed E-state index contributed by atoms with van der Waals surface area (Å²) in [4.78, 5) is 11.9. The van der Waals surface area contributed by atoms with Gasteiger partial charge in [-0.1, -0.05) is 24.2 Å². The number of halogens is 1. The second kappa shape index (κ2) is 6.85. The van der Waals surface area contributed by atoms with E-state index in [1.807, 2.05) is 6.92 Å². The molecule has 2 aromatic carbocycles. The van der Waals surface area contributed by atoms with Crippen LogP contribution in [-0.2, 0) is 6.42 Å². The Hall–Kier alpha value is -3.39. The Kier molecular flexibility index (Phi) is 4.59. The zero-order valence-electron chi connectivity index (χ0n) is 13.7. The van der Waals surface area contributed by atoms with Crippen molar-refractivity contribution in [3.8, 4) is 33.9 Å². The average Bonchev–Trinajstić information content (AvgIpc) is 3.06. The molecular formula is C18H15FN2O5. The van der Waals surface area contributed by atoms with Crippen molar-refractivity contribution in [1.29, 1.82) is 0 Å². The van der Waals surface area contributed by atoms with Gasteiger partial charge in [0.2, 0.25) is 0 Å². The van der Waals surface area contributed by atoms with Gasteiger partial charge in [-0.25, -0.2) is 9.87 Å². The van der Waals surface area contributed by atoms with E-state index in [0.717, 1.165) is 6.07 Å². The lowest BCUT2D eigenvalue weighted by Gasteiger charge is -2.09. The van der Waals surface area contributed by atoms with Gasteiger partial charge in [0.25, 0.3) is 5.91 Å². The number of nitrogens with one attached hydrogen (secondary N) is 1. The van der Waals surface area contributed by atoms with Gasteiger partial charge in [0.1, 0.15) is 17.3 Å². The number of hydroxylamine groups is 1. The Morgan fingerprint density at radius 1 is 1.19 bits per heavy atom. The number of benzene rings is 2. The van der Waals surface area contributed by atoms with E-state index in [4.69, 9.17) is 9.73 Å². The first-order chi connectivity index (χ1) is 12.5. The number of hydrogen-bond donors (Lipinski definition) is 4. The second-order valence-corrected chi connectivity index (χ2v) is 5.53. The molecule has 0 radical (unpaired) electrons. The van der Waals surface area contributed by atoms with Crippen molar-refractivity contribution in [3.05, 3.63) is 53.5 Å². The van der Waals surface area contributed by atoms with Crippen molar-refractivity contribution < 1.29 is 29.1 Å². The van der Waals surface area contributed by atoms with Crippen molar-refractivity contribution in [2.75, 3.05) is 0 Å². The van der Waals surface area contributed by atoms with E-state index in [0.29, 0.717) is 17.5 Å². The molecule has 0 aliphatic carbocycles. The van der Waals surface area contributed by atoms with E-state index >= 15 is 0 Å². The van der Waals surface area contributed by atoms with Crippen molar-refractivity contribution in [3.63, 3.8) is 0 Å². The Labute approximate surface area is 147 Å². The SMILES string of the molecule is CCc1cc(-c2onc(C(=O)NO)c2-c2ccc(F)cc2)c(O)cc1O. The maximum atomic E-state index is 13.3. The van der Waals surface area contributed by atoms with Crippen molar-refractivity contribution in [1.82, 2.24) is 10.6 Å². The molecule has 0 spiro atoms. The van der Waals surface area contributed by atoms with Crippen LogP contribution in [0.1, 0.15) is 23.0 Å². The van der Waals surface area contributed by atoms with Gasteiger partial charge in [0.05, 0.1) is 11.1 Å². The maximum Gasteiger partial charge on any atom is 0.297 e. The van der Waals surface area contributed by atoms with E-state index < -0.39 is 11.7 Å². The topological polar surface area (TPSA) is 116 Å². The third kappa shape index (κ3) is 2.98. The number of phenols is 2. The molecule has 3 aromatic rings. The van der Waals surface area contributed by atoms with Crippen LogP contribution < -0.4 is 5.48 Å². The minimum atomic E-state index is -0.923. The van der Waals surface area contributed by atoms with Crippen LogP contribution in [0.3, 0.4) is 0 Å². The summed E-state index contributed by atoms with van der Waals surface area (Å²) in [6.45, 7) is 1.82. The van der Waals surface area contributed by atoms with Gasteiger partial charge < -0.3 is 14.7 Å². The number of nitrogens with zero attached hydrogens (tertiary/aromatic N) is 1. The standard InChI is InChI=1S/C18H15FN2O5/c1-2-9-7-12(14(23)8-13(9)22)17-15(10-3-5-11(19)6-4-10)16(21-26-17)18(24)20-25/h3-8,22-23,25H,2H2,1H3,(H,20,24). The zero-order chi connectivity index (χ0) is 18.8. The molecule has 4 N–H and O–H groups in total. The smallest absolute Gasteiger partial charge is 0.297 e. The highest BCUT2D eigenvalue weighted by molar-refractivity contribution is 6.02. The van der Waals surface area contributed by atoms with Crippen LogP contribution in [-0.4, -0.2) is 26.5 Å². The van der Waals surface area contributed by atoms with E-state index in [2.05, 4.69) is 5.16 Å².